The van der Waals surface area contributed by atoms with E-state index in [2.05, 4.69) is 4.98 Å². The zero-order valence-electron chi connectivity index (χ0n) is 10.3. The first-order valence-corrected chi connectivity index (χ1v) is 5.52. The van der Waals surface area contributed by atoms with Gasteiger partial charge in [0.25, 0.3) is 5.56 Å². The van der Waals surface area contributed by atoms with E-state index in [1.807, 2.05) is 26.0 Å². The van der Waals surface area contributed by atoms with Gasteiger partial charge in [0.15, 0.2) is 0 Å². The van der Waals surface area contributed by atoms with Crippen LogP contribution in [0.3, 0.4) is 0 Å². The smallest absolute Gasteiger partial charge is 0.259 e. The number of hydrogen-bond acceptors (Lipinski definition) is 3. The number of aryl methyl sites for hydroxylation is 1. The van der Waals surface area contributed by atoms with Crippen LogP contribution in [0.4, 0.5) is 0 Å². The van der Waals surface area contributed by atoms with Crippen LogP contribution >= 0.6 is 0 Å². The van der Waals surface area contributed by atoms with Crippen molar-refractivity contribution in [1.82, 2.24) is 9.55 Å². The highest BCUT2D eigenvalue weighted by Crippen LogP contribution is 2.22. The molecular formula is C13H16N2O2. The van der Waals surface area contributed by atoms with Crippen LogP contribution in [0.5, 0.6) is 0 Å². The van der Waals surface area contributed by atoms with Crippen LogP contribution in [0.25, 0.3) is 10.8 Å². The summed E-state index contributed by atoms with van der Waals surface area (Å²) in [4.78, 5) is 16.1. The van der Waals surface area contributed by atoms with Crippen LogP contribution in [0.15, 0.2) is 29.3 Å². The minimum absolute atomic E-state index is 0.0242. The summed E-state index contributed by atoms with van der Waals surface area (Å²) in [6.45, 7) is 3.86. The maximum absolute atomic E-state index is 11.8. The highest BCUT2D eigenvalue weighted by Gasteiger charge is 2.21. The molecule has 4 heteroatoms. The lowest BCUT2D eigenvalue weighted by Gasteiger charge is -2.21. The second kappa shape index (κ2) is 3.96. The molecule has 0 unspecified atom stereocenters. The van der Waals surface area contributed by atoms with E-state index < -0.39 is 5.41 Å². The van der Waals surface area contributed by atoms with E-state index in [9.17, 15) is 9.90 Å². The molecule has 0 atom stereocenters. The molecule has 0 spiro atoms. The summed E-state index contributed by atoms with van der Waals surface area (Å²) in [7, 11) is 1.72. The van der Waals surface area contributed by atoms with Crippen molar-refractivity contribution in [3.05, 3.63) is 40.6 Å². The Kier molecular flexibility index (Phi) is 2.75. The standard InChI is InChI=1S/C13H16N2O2/c1-13(2,8-16)11-6-9-4-5-15(3)12(17)10(9)7-14-11/h4-7,16H,8H2,1-3H3. The quantitative estimate of drug-likeness (QED) is 0.846. The van der Waals surface area contributed by atoms with Gasteiger partial charge in [-0.3, -0.25) is 9.78 Å². The van der Waals surface area contributed by atoms with Crippen molar-refractivity contribution in [1.29, 1.82) is 0 Å². The third-order valence-corrected chi connectivity index (χ3v) is 3.05. The molecule has 0 saturated carbocycles. The van der Waals surface area contributed by atoms with Crippen LogP contribution in [0.1, 0.15) is 19.5 Å². The Balaban J connectivity index is 2.68. The molecule has 2 heterocycles. The molecule has 0 aliphatic rings. The number of aromatic nitrogens is 2. The third kappa shape index (κ3) is 1.96. The molecule has 4 nitrogen and oxygen atoms in total. The molecule has 0 aliphatic carbocycles. The molecule has 2 aromatic rings. The minimum Gasteiger partial charge on any atom is -0.395 e. The second-order valence-electron chi connectivity index (χ2n) is 4.93. The number of hydrogen-bond donors (Lipinski definition) is 1. The Labute approximate surface area is 99.5 Å². The van der Waals surface area contributed by atoms with E-state index in [-0.39, 0.29) is 12.2 Å². The molecule has 2 aromatic heterocycles. The number of nitrogens with zero attached hydrogens (tertiary/aromatic N) is 2. The lowest BCUT2D eigenvalue weighted by atomic mass is 9.89. The fourth-order valence-corrected chi connectivity index (χ4v) is 1.69. The molecule has 0 saturated heterocycles. The maximum Gasteiger partial charge on any atom is 0.259 e. The molecule has 0 fully saturated rings. The zero-order valence-corrected chi connectivity index (χ0v) is 10.3. The normalized spacial score (nSPS) is 12.0. The van der Waals surface area contributed by atoms with E-state index >= 15 is 0 Å². The summed E-state index contributed by atoms with van der Waals surface area (Å²) in [5, 5.41) is 10.8. The van der Waals surface area contributed by atoms with Crippen molar-refractivity contribution in [2.45, 2.75) is 19.3 Å². The first kappa shape index (κ1) is 11.8. The molecule has 1 N–H and O–H groups in total. The number of fused-ring (bicyclic) bond motifs is 1. The van der Waals surface area contributed by atoms with Crippen molar-refractivity contribution in [3.8, 4) is 0 Å². The lowest BCUT2D eigenvalue weighted by molar-refractivity contribution is 0.215. The Bertz CT molecular complexity index is 614. The van der Waals surface area contributed by atoms with Crippen LogP contribution in [-0.2, 0) is 12.5 Å². The number of pyridine rings is 2. The second-order valence-corrected chi connectivity index (χ2v) is 4.93. The highest BCUT2D eigenvalue weighted by atomic mass is 16.3. The Morgan fingerprint density at radius 3 is 2.82 bits per heavy atom. The van der Waals surface area contributed by atoms with E-state index in [4.69, 9.17) is 0 Å². The van der Waals surface area contributed by atoms with Gasteiger partial charge in [-0.15, -0.1) is 0 Å². The molecule has 90 valence electrons. The predicted molar refractivity (Wildman–Crippen MR) is 67.1 cm³/mol. The molecular weight excluding hydrogens is 216 g/mol. The fourth-order valence-electron chi connectivity index (χ4n) is 1.69. The van der Waals surface area contributed by atoms with Crippen LogP contribution in [0.2, 0.25) is 0 Å². The van der Waals surface area contributed by atoms with Gasteiger partial charge in [0.2, 0.25) is 0 Å². The van der Waals surface area contributed by atoms with Crippen molar-refractivity contribution >= 4 is 10.8 Å². The largest absolute Gasteiger partial charge is 0.395 e. The van der Waals surface area contributed by atoms with E-state index in [1.165, 1.54) is 4.57 Å². The summed E-state index contributed by atoms with van der Waals surface area (Å²) in [6.07, 6.45) is 3.32. The highest BCUT2D eigenvalue weighted by molar-refractivity contribution is 5.81. The lowest BCUT2D eigenvalue weighted by Crippen LogP contribution is -2.24. The van der Waals surface area contributed by atoms with E-state index in [0.29, 0.717) is 5.39 Å². The van der Waals surface area contributed by atoms with Crippen LogP contribution < -0.4 is 5.56 Å². The maximum atomic E-state index is 11.8. The van der Waals surface area contributed by atoms with Gasteiger partial charge in [-0.05, 0) is 17.5 Å². The molecule has 17 heavy (non-hydrogen) atoms. The van der Waals surface area contributed by atoms with Gasteiger partial charge in [-0.25, -0.2) is 0 Å². The van der Waals surface area contributed by atoms with E-state index in [1.54, 1.807) is 19.4 Å². The Morgan fingerprint density at radius 2 is 2.18 bits per heavy atom. The monoisotopic (exact) mass is 232 g/mol. The first-order valence-electron chi connectivity index (χ1n) is 5.52. The average Bonchev–Trinajstić information content (AvgIpc) is 2.33. The molecule has 2 rings (SSSR count). The van der Waals surface area contributed by atoms with Gasteiger partial charge in [-0.1, -0.05) is 13.8 Å². The van der Waals surface area contributed by atoms with Crippen molar-refractivity contribution in [2.24, 2.45) is 7.05 Å². The van der Waals surface area contributed by atoms with Gasteiger partial charge in [-0.2, -0.15) is 0 Å². The summed E-state index contributed by atoms with van der Waals surface area (Å²) in [5.41, 5.74) is 0.346. The molecule has 0 amide bonds. The van der Waals surface area contributed by atoms with Gasteiger partial charge in [0.1, 0.15) is 0 Å². The van der Waals surface area contributed by atoms with E-state index in [0.717, 1.165) is 11.1 Å². The van der Waals surface area contributed by atoms with Crippen LogP contribution in [-0.4, -0.2) is 21.3 Å². The molecule has 0 bridgehead atoms. The predicted octanol–water partition coefficient (Wildman–Crippen LogP) is 1.20. The Hall–Kier alpha value is -1.68. The third-order valence-electron chi connectivity index (χ3n) is 3.05. The fraction of sp³-hybridized carbons (Fsp3) is 0.385. The topological polar surface area (TPSA) is 55.1 Å². The van der Waals surface area contributed by atoms with Crippen molar-refractivity contribution in [3.63, 3.8) is 0 Å². The van der Waals surface area contributed by atoms with Gasteiger partial charge < -0.3 is 9.67 Å². The zero-order chi connectivity index (χ0) is 12.6. The Morgan fingerprint density at radius 1 is 1.47 bits per heavy atom. The molecule has 0 radical (unpaired) electrons. The molecule has 0 aliphatic heterocycles. The summed E-state index contributed by atoms with van der Waals surface area (Å²) >= 11 is 0. The van der Waals surface area contributed by atoms with Gasteiger partial charge in [0.05, 0.1) is 12.0 Å². The summed E-state index contributed by atoms with van der Waals surface area (Å²) in [6, 6.07) is 3.75. The van der Waals surface area contributed by atoms with Crippen molar-refractivity contribution in [2.75, 3.05) is 6.61 Å². The first-order chi connectivity index (χ1) is 7.95. The van der Waals surface area contributed by atoms with Crippen molar-refractivity contribution < 1.29 is 5.11 Å². The summed E-state index contributed by atoms with van der Waals surface area (Å²) in [5.74, 6) is 0. The van der Waals surface area contributed by atoms with Gasteiger partial charge in [0, 0.05) is 30.6 Å². The van der Waals surface area contributed by atoms with Crippen LogP contribution in [0, 0.1) is 0 Å². The minimum atomic E-state index is -0.394. The number of aliphatic hydroxyl groups excluding tert-OH is 1. The average molecular weight is 232 g/mol. The van der Waals surface area contributed by atoms with Gasteiger partial charge >= 0.3 is 0 Å². The number of aliphatic hydroxyl groups is 1. The summed E-state index contributed by atoms with van der Waals surface area (Å²) < 4.78 is 1.53. The SMILES string of the molecule is Cn1ccc2cc(C(C)(C)CO)ncc2c1=O. The number of rotatable bonds is 2. The molecule has 0 aromatic carbocycles.